The van der Waals surface area contributed by atoms with Gasteiger partial charge in [0.15, 0.2) is 5.65 Å². The van der Waals surface area contributed by atoms with Crippen LogP contribution in [0.2, 0.25) is 0 Å². The lowest BCUT2D eigenvalue weighted by molar-refractivity contribution is 0.0488. The Kier molecular flexibility index (Phi) is 7.61. The van der Waals surface area contributed by atoms with Crippen LogP contribution in [0.25, 0.3) is 22.6 Å². The van der Waals surface area contributed by atoms with Gasteiger partial charge >= 0.3 is 12.1 Å². The van der Waals surface area contributed by atoms with Crippen LogP contribution < -0.4 is 10.6 Å². The number of anilines is 1. The highest BCUT2D eigenvalue weighted by Gasteiger charge is 2.29. The van der Waals surface area contributed by atoms with Gasteiger partial charge in [0.1, 0.15) is 17.1 Å². The number of fused-ring (bicyclic) bond motifs is 1. The molecule has 41 heavy (non-hydrogen) atoms. The molecule has 1 fully saturated rings. The van der Waals surface area contributed by atoms with Crippen molar-refractivity contribution in [3.8, 4) is 16.9 Å². The lowest BCUT2D eigenvalue weighted by Crippen LogP contribution is -2.49. The smallest absolute Gasteiger partial charge is 0.407 e. The zero-order valence-electron chi connectivity index (χ0n) is 22.8. The zero-order valence-corrected chi connectivity index (χ0v) is 22.8. The largest absolute Gasteiger partial charge is 0.478 e. The summed E-state index contributed by atoms with van der Waals surface area (Å²) in [7, 11) is 0. The minimum atomic E-state index is -2.86. The second-order valence-corrected chi connectivity index (χ2v) is 11.0. The highest BCUT2D eigenvalue weighted by molar-refractivity contribution is 5.87. The van der Waals surface area contributed by atoms with E-state index in [2.05, 4.69) is 25.8 Å². The molecule has 3 N–H and O–H groups in total. The van der Waals surface area contributed by atoms with E-state index in [4.69, 9.17) is 9.84 Å². The van der Waals surface area contributed by atoms with E-state index in [0.717, 1.165) is 25.7 Å². The van der Waals surface area contributed by atoms with E-state index in [1.54, 1.807) is 18.3 Å². The molecule has 0 bridgehead atoms. The third-order valence-electron chi connectivity index (χ3n) is 6.73. The number of alkyl halides is 2. The van der Waals surface area contributed by atoms with E-state index < -0.39 is 29.8 Å². The Morgan fingerprint density at radius 2 is 1.78 bits per heavy atom. The van der Waals surface area contributed by atoms with Gasteiger partial charge in [0.25, 0.3) is 6.43 Å². The van der Waals surface area contributed by atoms with E-state index in [0.29, 0.717) is 17.2 Å². The number of carbonyl (C=O) groups excluding carboxylic acids is 1. The van der Waals surface area contributed by atoms with Crippen LogP contribution in [0.4, 0.5) is 19.4 Å². The van der Waals surface area contributed by atoms with E-state index >= 15 is 0 Å². The van der Waals surface area contributed by atoms with Gasteiger partial charge in [-0.2, -0.15) is 10.2 Å². The highest BCUT2D eigenvalue weighted by atomic mass is 19.3. The Hall–Kier alpha value is -4.55. The fraction of sp³-hybridized carbons (Fsp3) is 0.393. The molecular formula is C28H31F2N7O4. The fourth-order valence-electron chi connectivity index (χ4n) is 4.85. The molecule has 0 saturated heterocycles. The summed E-state index contributed by atoms with van der Waals surface area (Å²) >= 11 is 0. The number of hydrogen-bond donors (Lipinski definition) is 3. The summed E-state index contributed by atoms with van der Waals surface area (Å²) in [5, 5.41) is 24.0. The number of carboxylic acid groups (broad SMARTS) is 1. The van der Waals surface area contributed by atoms with Crippen molar-refractivity contribution in [2.24, 2.45) is 0 Å². The summed E-state index contributed by atoms with van der Waals surface area (Å²) in [4.78, 5) is 28.1. The number of aromatic nitrogens is 5. The van der Waals surface area contributed by atoms with Crippen molar-refractivity contribution in [1.29, 1.82) is 0 Å². The number of amides is 1. The van der Waals surface area contributed by atoms with E-state index in [-0.39, 0.29) is 28.9 Å². The van der Waals surface area contributed by atoms with Gasteiger partial charge in [-0.05, 0) is 63.9 Å². The maximum atomic E-state index is 14.0. The molecule has 1 saturated carbocycles. The molecule has 3 aromatic heterocycles. The van der Waals surface area contributed by atoms with Gasteiger partial charge in [0.2, 0.25) is 0 Å². The minimum Gasteiger partial charge on any atom is -0.478 e. The molecule has 11 nitrogen and oxygen atoms in total. The molecule has 5 rings (SSSR count). The van der Waals surface area contributed by atoms with E-state index in [1.807, 2.05) is 20.8 Å². The molecule has 2 atom stereocenters. The molecule has 0 aliphatic heterocycles. The van der Waals surface area contributed by atoms with Crippen molar-refractivity contribution in [3.05, 3.63) is 60.0 Å². The summed E-state index contributed by atoms with van der Waals surface area (Å²) < 4.78 is 36.1. The van der Waals surface area contributed by atoms with Crippen molar-refractivity contribution in [2.75, 3.05) is 5.32 Å². The predicted molar refractivity (Wildman–Crippen MR) is 146 cm³/mol. The number of rotatable bonds is 7. The molecule has 216 valence electrons. The van der Waals surface area contributed by atoms with Gasteiger partial charge in [0, 0.05) is 30.1 Å². The summed E-state index contributed by atoms with van der Waals surface area (Å²) in [6.07, 6.45) is 3.42. The second kappa shape index (κ2) is 11.1. The van der Waals surface area contributed by atoms with Gasteiger partial charge < -0.3 is 20.5 Å². The van der Waals surface area contributed by atoms with Gasteiger partial charge in [-0.15, -0.1) is 0 Å². The number of carbonyl (C=O) groups is 2. The van der Waals surface area contributed by atoms with E-state index in [1.165, 1.54) is 39.7 Å². The normalized spacial score (nSPS) is 17.5. The Balaban J connectivity index is 1.38. The Morgan fingerprint density at radius 3 is 2.44 bits per heavy atom. The van der Waals surface area contributed by atoms with Gasteiger partial charge in [-0.3, -0.25) is 0 Å². The third kappa shape index (κ3) is 6.44. The summed E-state index contributed by atoms with van der Waals surface area (Å²) in [6, 6.07) is 8.89. The number of nitrogens with one attached hydrogen (secondary N) is 2. The van der Waals surface area contributed by atoms with Crippen LogP contribution in [0.1, 0.15) is 68.9 Å². The van der Waals surface area contributed by atoms with E-state index in [9.17, 15) is 18.4 Å². The number of aromatic carboxylic acids is 1. The minimum absolute atomic E-state index is 0.0650. The first-order valence-electron chi connectivity index (χ1n) is 13.3. The topological polar surface area (TPSA) is 136 Å². The number of alkyl carbamates (subject to hydrolysis) is 1. The van der Waals surface area contributed by atoms with Crippen molar-refractivity contribution < 1.29 is 28.2 Å². The average molecular weight is 568 g/mol. The molecule has 1 aromatic carbocycles. The van der Waals surface area contributed by atoms with Crippen molar-refractivity contribution in [3.63, 3.8) is 0 Å². The molecule has 1 aliphatic rings. The lowest BCUT2D eigenvalue weighted by atomic mass is 9.90. The number of nitrogens with zero attached hydrogens (tertiary/aromatic N) is 5. The standard InChI is InChI=1S/C28H31F2N7O4/c1-28(2,3)41-27(40)32-20-7-5-4-6-19(20)31-22-12-13-36-23(33-22)14-21(34-36)18-15-37(35-24(18)25(29)30)17-10-8-16(9-11-17)26(38)39/h8-15,19-20,25H,4-7H2,1-3H3,(H,31,33)(H,32,40)(H,38,39)/t19-,20+/m1/s1. The molecule has 0 radical (unpaired) electrons. The monoisotopic (exact) mass is 567 g/mol. The number of carboxylic acids is 1. The van der Waals surface area contributed by atoms with Crippen LogP contribution in [-0.4, -0.2) is 59.2 Å². The molecular weight excluding hydrogens is 536 g/mol. The molecule has 0 unspecified atom stereocenters. The van der Waals surface area contributed by atoms with Crippen LogP contribution in [0.5, 0.6) is 0 Å². The van der Waals surface area contributed by atoms with Crippen LogP contribution in [0, 0.1) is 0 Å². The molecule has 0 spiro atoms. The first-order chi connectivity index (χ1) is 19.5. The Bertz CT molecular complexity index is 1560. The molecule has 3 heterocycles. The molecule has 4 aromatic rings. The number of benzene rings is 1. The number of halogens is 2. The second-order valence-electron chi connectivity index (χ2n) is 11.0. The maximum Gasteiger partial charge on any atom is 0.407 e. The first-order valence-corrected chi connectivity index (χ1v) is 13.3. The van der Waals surface area contributed by atoms with Gasteiger partial charge in [0.05, 0.1) is 23.0 Å². The van der Waals surface area contributed by atoms with Crippen molar-refractivity contribution in [2.45, 2.75) is 70.6 Å². The van der Waals surface area contributed by atoms with Crippen LogP contribution in [0.15, 0.2) is 48.8 Å². The lowest BCUT2D eigenvalue weighted by Gasteiger charge is -2.33. The zero-order chi connectivity index (χ0) is 29.3. The van der Waals surface area contributed by atoms with Crippen LogP contribution in [-0.2, 0) is 4.74 Å². The fourth-order valence-corrected chi connectivity index (χ4v) is 4.85. The van der Waals surface area contributed by atoms with Crippen LogP contribution >= 0.6 is 0 Å². The molecule has 1 aliphatic carbocycles. The van der Waals surface area contributed by atoms with Crippen LogP contribution in [0.3, 0.4) is 0 Å². The average Bonchev–Trinajstić information content (AvgIpc) is 3.53. The van der Waals surface area contributed by atoms with Gasteiger partial charge in [-0.1, -0.05) is 12.8 Å². The van der Waals surface area contributed by atoms with Gasteiger partial charge in [-0.25, -0.2) is 32.6 Å². The Morgan fingerprint density at radius 1 is 1.07 bits per heavy atom. The number of hydrogen-bond acceptors (Lipinski definition) is 7. The van der Waals surface area contributed by atoms with Crippen molar-refractivity contribution in [1.82, 2.24) is 29.7 Å². The maximum absolute atomic E-state index is 14.0. The summed E-state index contributed by atoms with van der Waals surface area (Å²) in [5.41, 5.74) is 0.296. The van der Waals surface area contributed by atoms with Crippen molar-refractivity contribution >= 4 is 23.5 Å². The number of ether oxygens (including phenoxy) is 1. The first kappa shape index (κ1) is 28.0. The molecule has 13 heteroatoms. The third-order valence-corrected chi connectivity index (χ3v) is 6.73. The predicted octanol–water partition coefficient (Wildman–Crippen LogP) is 5.47. The molecule has 1 amide bonds. The quantitative estimate of drug-likeness (QED) is 0.268. The Labute approximate surface area is 234 Å². The summed E-state index contributed by atoms with van der Waals surface area (Å²) in [6.45, 7) is 5.45. The highest BCUT2D eigenvalue weighted by Crippen LogP contribution is 2.31. The SMILES string of the molecule is CC(C)(C)OC(=O)N[C@H]1CCCC[C@H]1Nc1ccn2nc(-c3cn(-c4ccc(C(=O)O)cc4)nc3C(F)F)cc2n1. The summed E-state index contributed by atoms with van der Waals surface area (Å²) in [5.74, 6) is -0.523.